The molecule has 0 bridgehead atoms. The zero-order valence-electron chi connectivity index (χ0n) is 16.2. The van der Waals surface area contributed by atoms with Crippen LogP contribution < -0.4 is 14.8 Å². The highest BCUT2D eigenvalue weighted by Gasteiger charge is 2.15. The number of rotatable bonds is 5. The number of nitrogens with one attached hydrogen (secondary N) is 1. The molecule has 2 aromatic carbocycles. The smallest absolute Gasteiger partial charge is 0.234 e. The number of pyridine rings is 1. The van der Waals surface area contributed by atoms with E-state index in [1.54, 1.807) is 12.1 Å². The molecule has 0 saturated heterocycles. The maximum Gasteiger partial charge on any atom is 0.234 e. The molecule has 5 nitrogen and oxygen atoms in total. The first kappa shape index (κ1) is 18.6. The molecule has 6 heteroatoms. The van der Waals surface area contributed by atoms with Gasteiger partial charge in [0.05, 0.1) is 11.3 Å². The number of aryl methyl sites for hydroxylation is 3. The van der Waals surface area contributed by atoms with Crippen molar-refractivity contribution >= 4 is 34.3 Å². The van der Waals surface area contributed by atoms with E-state index in [9.17, 15) is 4.79 Å². The monoisotopic (exact) mass is 394 g/mol. The SMILES string of the molecule is CCc1cc2cc(C)c(C)cc2nc1SCC(=O)Nc1ccc2c(c1)OCO2. The number of fused-ring (bicyclic) bond motifs is 2. The summed E-state index contributed by atoms with van der Waals surface area (Å²) in [5, 5.41) is 4.97. The van der Waals surface area contributed by atoms with Crippen molar-refractivity contribution in [2.45, 2.75) is 32.2 Å². The predicted molar refractivity (Wildman–Crippen MR) is 113 cm³/mol. The Morgan fingerprint density at radius 1 is 1.11 bits per heavy atom. The van der Waals surface area contributed by atoms with E-state index in [0.717, 1.165) is 27.9 Å². The van der Waals surface area contributed by atoms with Crippen molar-refractivity contribution in [1.82, 2.24) is 4.98 Å². The molecule has 3 aromatic rings. The van der Waals surface area contributed by atoms with E-state index in [1.807, 2.05) is 6.07 Å². The van der Waals surface area contributed by atoms with Crippen LogP contribution in [0.2, 0.25) is 0 Å². The number of ether oxygens (including phenoxy) is 2. The molecule has 4 rings (SSSR count). The molecular weight excluding hydrogens is 372 g/mol. The first-order valence-corrected chi connectivity index (χ1v) is 10.2. The lowest BCUT2D eigenvalue weighted by Gasteiger charge is -2.11. The van der Waals surface area contributed by atoms with E-state index in [4.69, 9.17) is 14.5 Å². The second-order valence-corrected chi connectivity index (χ2v) is 7.80. The first-order chi connectivity index (χ1) is 13.5. The Kier molecular flexibility index (Phi) is 5.13. The van der Waals surface area contributed by atoms with Crippen LogP contribution in [0.3, 0.4) is 0 Å². The van der Waals surface area contributed by atoms with Gasteiger partial charge in [-0.05, 0) is 67.3 Å². The predicted octanol–water partition coefficient (Wildman–Crippen LogP) is 4.87. The topological polar surface area (TPSA) is 60.5 Å². The van der Waals surface area contributed by atoms with Crippen molar-refractivity contribution in [2.24, 2.45) is 0 Å². The van der Waals surface area contributed by atoms with Gasteiger partial charge in [0.2, 0.25) is 12.7 Å². The molecule has 0 unspecified atom stereocenters. The molecule has 144 valence electrons. The van der Waals surface area contributed by atoms with Crippen molar-refractivity contribution in [2.75, 3.05) is 17.9 Å². The molecule has 0 spiro atoms. The molecule has 1 N–H and O–H groups in total. The number of anilines is 1. The molecule has 28 heavy (non-hydrogen) atoms. The molecule has 0 saturated carbocycles. The molecule has 0 aliphatic carbocycles. The number of thioether (sulfide) groups is 1. The molecular formula is C22H22N2O3S. The first-order valence-electron chi connectivity index (χ1n) is 9.26. The van der Waals surface area contributed by atoms with Crippen molar-refractivity contribution in [3.05, 3.63) is 53.1 Å². The molecule has 2 heterocycles. The third-order valence-electron chi connectivity index (χ3n) is 4.85. The zero-order chi connectivity index (χ0) is 19.7. The van der Waals surface area contributed by atoms with Crippen molar-refractivity contribution in [3.8, 4) is 11.5 Å². The van der Waals surface area contributed by atoms with Gasteiger partial charge in [-0.2, -0.15) is 0 Å². The largest absolute Gasteiger partial charge is 0.454 e. The summed E-state index contributed by atoms with van der Waals surface area (Å²) in [5.74, 6) is 1.57. The summed E-state index contributed by atoms with van der Waals surface area (Å²) in [6, 6.07) is 11.9. The Morgan fingerprint density at radius 2 is 1.89 bits per heavy atom. The van der Waals surface area contributed by atoms with Gasteiger partial charge >= 0.3 is 0 Å². The van der Waals surface area contributed by atoms with Gasteiger partial charge in [-0.3, -0.25) is 4.79 Å². The fourth-order valence-corrected chi connectivity index (χ4v) is 4.04. The van der Waals surface area contributed by atoms with Gasteiger partial charge in [0.25, 0.3) is 0 Å². The number of hydrogen-bond acceptors (Lipinski definition) is 5. The van der Waals surface area contributed by atoms with E-state index in [-0.39, 0.29) is 12.7 Å². The second-order valence-electron chi connectivity index (χ2n) is 6.84. The van der Waals surface area contributed by atoms with Gasteiger partial charge in [0.15, 0.2) is 11.5 Å². The van der Waals surface area contributed by atoms with Crippen LogP contribution in [-0.2, 0) is 11.2 Å². The number of nitrogens with zero attached hydrogens (tertiary/aromatic N) is 1. The van der Waals surface area contributed by atoms with Crippen LogP contribution in [0.4, 0.5) is 5.69 Å². The Balaban J connectivity index is 1.48. The highest BCUT2D eigenvalue weighted by Crippen LogP contribution is 2.34. The highest BCUT2D eigenvalue weighted by atomic mass is 32.2. The Morgan fingerprint density at radius 3 is 2.71 bits per heavy atom. The van der Waals surface area contributed by atoms with Gasteiger partial charge < -0.3 is 14.8 Å². The summed E-state index contributed by atoms with van der Waals surface area (Å²) < 4.78 is 10.6. The maximum absolute atomic E-state index is 12.4. The summed E-state index contributed by atoms with van der Waals surface area (Å²) >= 11 is 1.47. The number of carbonyl (C=O) groups is 1. The quantitative estimate of drug-likeness (QED) is 0.626. The van der Waals surface area contributed by atoms with E-state index < -0.39 is 0 Å². The Labute approximate surface area is 168 Å². The molecule has 0 fully saturated rings. The molecule has 0 atom stereocenters. The fourth-order valence-electron chi connectivity index (χ4n) is 3.15. The van der Waals surface area contributed by atoms with Crippen molar-refractivity contribution in [1.29, 1.82) is 0 Å². The normalized spacial score (nSPS) is 12.4. The Hall–Kier alpha value is -2.73. The molecule has 1 aliphatic heterocycles. The maximum atomic E-state index is 12.4. The van der Waals surface area contributed by atoms with Crippen LogP contribution in [0.1, 0.15) is 23.6 Å². The number of aromatic nitrogens is 1. The summed E-state index contributed by atoms with van der Waals surface area (Å²) in [4.78, 5) is 17.2. The number of hydrogen-bond donors (Lipinski definition) is 1. The highest BCUT2D eigenvalue weighted by molar-refractivity contribution is 8.00. The van der Waals surface area contributed by atoms with Crippen LogP contribution in [0.5, 0.6) is 11.5 Å². The average Bonchev–Trinajstić information content (AvgIpc) is 3.14. The van der Waals surface area contributed by atoms with Crippen molar-refractivity contribution < 1.29 is 14.3 Å². The molecule has 0 radical (unpaired) electrons. The minimum Gasteiger partial charge on any atom is -0.454 e. The van der Waals surface area contributed by atoms with Gasteiger partial charge in [-0.25, -0.2) is 4.98 Å². The second kappa shape index (κ2) is 7.72. The minimum absolute atomic E-state index is 0.0760. The zero-order valence-corrected chi connectivity index (χ0v) is 17.0. The number of benzene rings is 2. The lowest BCUT2D eigenvalue weighted by Crippen LogP contribution is -2.14. The Bertz CT molecular complexity index is 1070. The minimum atomic E-state index is -0.0760. The summed E-state index contributed by atoms with van der Waals surface area (Å²) in [6.07, 6.45) is 0.877. The van der Waals surface area contributed by atoms with Gasteiger partial charge in [-0.15, -0.1) is 0 Å². The van der Waals surface area contributed by atoms with Crippen LogP contribution >= 0.6 is 11.8 Å². The average molecular weight is 394 g/mol. The lowest BCUT2D eigenvalue weighted by molar-refractivity contribution is -0.113. The summed E-state index contributed by atoms with van der Waals surface area (Å²) in [7, 11) is 0. The number of amides is 1. The van der Waals surface area contributed by atoms with Crippen LogP contribution in [0.15, 0.2) is 41.4 Å². The van der Waals surface area contributed by atoms with Gasteiger partial charge in [-0.1, -0.05) is 18.7 Å². The van der Waals surface area contributed by atoms with Gasteiger partial charge in [0.1, 0.15) is 5.03 Å². The van der Waals surface area contributed by atoms with Gasteiger partial charge in [0, 0.05) is 17.1 Å². The number of carbonyl (C=O) groups excluding carboxylic acids is 1. The molecule has 1 aromatic heterocycles. The van der Waals surface area contributed by atoms with Crippen LogP contribution in [0, 0.1) is 13.8 Å². The summed E-state index contributed by atoms with van der Waals surface area (Å²) in [6.45, 7) is 6.54. The summed E-state index contributed by atoms with van der Waals surface area (Å²) in [5.41, 5.74) is 5.32. The van der Waals surface area contributed by atoms with E-state index in [1.165, 1.54) is 22.9 Å². The third-order valence-corrected chi connectivity index (χ3v) is 5.88. The standard InChI is InChI=1S/C22H22N2O3S/c1-4-15-9-16-7-13(2)14(3)8-18(16)24-22(15)28-11-21(25)23-17-5-6-19-20(10-17)27-12-26-19/h5-10H,4,11-12H2,1-3H3,(H,23,25). The van der Waals surface area contributed by atoms with Crippen molar-refractivity contribution in [3.63, 3.8) is 0 Å². The molecule has 1 aliphatic rings. The van der Waals surface area contributed by atoms with Crippen LogP contribution in [-0.4, -0.2) is 23.4 Å². The fraction of sp³-hybridized carbons (Fsp3) is 0.273. The lowest BCUT2D eigenvalue weighted by atomic mass is 10.0. The van der Waals surface area contributed by atoms with Crippen LogP contribution in [0.25, 0.3) is 10.9 Å². The van der Waals surface area contributed by atoms with E-state index in [0.29, 0.717) is 22.9 Å². The third kappa shape index (κ3) is 3.78. The van der Waals surface area contributed by atoms with E-state index >= 15 is 0 Å². The van der Waals surface area contributed by atoms with E-state index in [2.05, 4.69) is 44.3 Å². The molecule has 1 amide bonds.